The molecule has 5 nitrogen and oxygen atoms in total. The Bertz CT molecular complexity index is 1060. The van der Waals surface area contributed by atoms with Gasteiger partial charge in [-0.2, -0.15) is 0 Å². The van der Waals surface area contributed by atoms with Crippen molar-refractivity contribution in [2.24, 2.45) is 0 Å². The van der Waals surface area contributed by atoms with Crippen molar-refractivity contribution < 1.29 is 9.59 Å². The summed E-state index contributed by atoms with van der Waals surface area (Å²) in [6.07, 6.45) is 3.34. The highest BCUT2D eigenvalue weighted by Gasteiger charge is 2.18. The van der Waals surface area contributed by atoms with E-state index in [-0.39, 0.29) is 11.8 Å². The molecule has 0 spiro atoms. The fourth-order valence-electron chi connectivity index (χ4n) is 3.27. The number of amides is 2. The molecule has 2 amide bonds. The van der Waals surface area contributed by atoms with Crippen molar-refractivity contribution in [2.75, 3.05) is 10.6 Å². The molecule has 7 heteroatoms. The second-order valence-corrected chi connectivity index (χ2v) is 8.60. The van der Waals surface area contributed by atoms with Crippen LogP contribution in [-0.4, -0.2) is 16.8 Å². The van der Waals surface area contributed by atoms with Gasteiger partial charge in [0.15, 0.2) is 5.13 Å². The Labute approximate surface area is 175 Å². The van der Waals surface area contributed by atoms with Gasteiger partial charge in [0.25, 0.3) is 11.8 Å². The average molecular weight is 456 g/mol. The zero-order valence-corrected chi connectivity index (χ0v) is 17.6. The van der Waals surface area contributed by atoms with E-state index < -0.39 is 0 Å². The number of carbonyl (C=O) groups excluding carboxylic acids is 2. The summed E-state index contributed by atoms with van der Waals surface area (Å²) in [7, 11) is 0. The number of hydrogen-bond acceptors (Lipinski definition) is 4. The normalized spacial score (nSPS) is 12.5. The van der Waals surface area contributed by atoms with Crippen LogP contribution in [-0.2, 0) is 12.8 Å². The minimum absolute atomic E-state index is 0.211. The first-order chi connectivity index (χ1) is 13.5. The standard InChI is InChI=1S/C21H18BrN3O2S/c1-12-18(20(27)24-17-10-7-13-3-2-4-15(13)11-17)28-21(23-12)25-19(26)14-5-8-16(22)9-6-14/h5-11H,2-4H2,1H3,(H,24,27)(H,23,25,26). The van der Waals surface area contributed by atoms with Crippen LogP contribution in [0.15, 0.2) is 46.9 Å². The van der Waals surface area contributed by atoms with E-state index in [1.807, 2.05) is 12.1 Å². The average Bonchev–Trinajstić information content (AvgIpc) is 3.28. The number of fused-ring (bicyclic) bond motifs is 1. The van der Waals surface area contributed by atoms with Gasteiger partial charge in [-0.15, -0.1) is 0 Å². The van der Waals surface area contributed by atoms with Crippen LogP contribution in [0.4, 0.5) is 10.8 Å². The third-order valence-electron chi connectivity index (χ3n) is 4.69. The molecule has 1 aromatic heterocycles. The molecule has 0 aliphatic heterocycles. The molecule has 142 valence electrons. The quantitative estimate of drug-likeness (QED) is 0.567. The molecule has 1 heterocycles. The van der Waals surface area contributed by atoms with Gasteiger partial charge in [0.1, 0.15) is 4.88 Å². The van der Waals surface area contributed by atoms with Crippen LogP contribution >= 0.6 is 27.3 Å². The first kappa shape index (κ1) is 18.8. The van der Waals surface area contributed by atoms with Gasteiger partial charge in [0.2, 0.25) is 0 Å². The van der Waals surface area contributed by atoms with Gasteiger partial charge >= 0.3 is 0 Å². The Morgan fingerprint density at radius 3 is 2.54 bits per heavy atom. The lowest BCUT2D eigenvalue weighted by Crippen LogP contribution is -2.11. The molecule has 4 rings (SSSR count). The van der Waals surface area contributed by atoms with Crippen molar-refractivity contribution in [3.63, 3.8) is 0 Å². The van der Waals surface area contributed by atoms with Crippen LogP contribution in [0, 0.1) is 6.92 Å². The monoisotopic (exact) mass is 455 g/mol. The second kappa shape index (κ2) is 7.85. The summed E-state index contributed by atoms with van der Waals surface area (Å²) < 4.78 is 0.902. The maximum absolute atomic E-state index is 12.7. The Morgan fingerprint density at radius 1 is 1.00 bits per heavy atom. The van der Waals surface area contributed by atoms with Crippen LogP contribution < -0.4 is 10.6 Å². The number of anilines is 2. The number of benzene rings is 2. The maximum Gasteiger partial charge on any atom is 0.267 e. The van der Waals surface area contributed by atoms with Crippen molar-refractivity contribution in [1.29, 1.82) is 0 Å². The Morgan fingerprint density at radius 2 is 1.75 bits per heavy atom. The van der Waals surface area contributed by atoms with Crippen molar-refractivity contribution in [3.8, 4) is 0 Å². The number of aromatic nitrogens is 1. The number of thiazole rings is 1. The fourth-order valence-corrected chi connectivity index (χ4v) is 4.39. The highest BCUT2D eigenvalue weighted by molar-refractivity contribution is 9.10. The highest BCUT2D eigenvalue weighted by Crippen LogP contribution is 2.27. The molecule has 1 aliphatic rings. The molecule has 2 aromatic carbocycles. The molecular formula is C21H18BrN3O2S. The third-order valence-corrected chi connectivity index (χ3v) is 6.29. The highest BCUT2D eigenvalue weighted by atomic mass is 79.9. The number of hydrogen-bond donors (Lipinski definition) is 2. The van der Waals surface area contributed by atoms with Gasteiger partial charge in [-0.25, -0.2) is 4.98 Å². The largest absolute Gasteiger partial charge is 0.321 e. The Hall–Kier alpha value is -2.51. The van der Waals surface area contributed by atoms with Crippen molar-refractivity contribution in [3.05, 3.63) is 74.2 Å². The van der Waals surface area contributed by atoms with E-state index in [0.717, 1.165) is 23.0 Å². The summed E-state index contributed by atoms with van der Waals surface area (Å²) >= 11 is 4.52. The Kier molecular flexibility index (Phi) is 5.28. The van der Waals surface area contributed by atoms with Crippen LogP contribution in [0.2, 0.25) is 0 Å². The molecule has 3 aromatic rings. The predicted molar refractivity (Wildman–Crippen MR) is 115 cm³/mol. The number of halogens is 1. The van der Waals surface area contributed by atoms with Crippen LogP contribution in [0.5, 0.6) is 0 Å². The lowest BCUT2D eigenvalue weighted by molar-refractivity contribution is 0.102. The summed E-state index contributed by atoms with van der Waals surface area (Å²) in [5.74, 6) is -0.469. The van der Waals surface area contributed by atoms with Gasteiger partial charge in [-0.1, -0.05) is 33.3 Å². The maximum atomic E-state index is 12.7. The first-order valence-corrected chi connectivity index (χ1v) is 10.6. The van der Waals surface area contributed by atoms with E-state index in [0.29, 0.717) is 21.3 Å². The van der Waals surface area contributed by atoms with Gasteiger partial charge < -0.3 is 5.32 Å². The molecule has 0 atom stereocenters. The third kappa shape index (κ3) is 4.00. The van der Waals surface area contributed by atoms with E-state index in [2.05, 4.69) is 37.6 Å². The molecule has 0 saturated heterocycles. The number of carbonyl (C=O) groups is 2. The van der Waals surface area contributed by atoms with Crippen LogP contribution in [0.3, 0.4) is 0 Å². The van der Waals surface area contributed by atoms with E-state index in [1.165, 1.54) is 28.9 Å². The second-order valence-electron chi connectivity index (χ2n) is 6.69. The van der Waals surface area contributed by atoms with Gasteiger partial charge in [-0.05, 0) is 73.7 Å². The van der Waals surface area contributed by atoms with E-state index in [4.69, 9.17) is 0 Å². The van der Waals surface area contributed by atoms with Gasteiger partial charge in [-0.3, -0.25) is 14.9 Å². The number of nitrogens with one attached hydrogen (secondary N) is 2. The zero-order valence-electron chi connectivity index (χ0n) is 15.2. The lowest BCUT2D eigenvalue weighted by atomic mass is 10.1. The summed E-state index contributed by atoms with van der Waals surface area (Å²) in [6.45, 7) is 1.77. The lowest BCUT2D eigenvalue weighted by Gasteiger charge is -2.06. The van der Waals surface area contributed by atoms with E-state index in [1.54, 1.807) is 31.2 Å². The molecule has 2 N–H and O–H groups in total. The molecule has 0 radical (unpaired) electrons. The summed E-state index contributed by atoms with van der Waals surface area (Å²) in [5, 5.41) is 6.12. The molecule has 28 heavy (non-hydrogen) atoms. The minimum Gasteiger partial charge on any atom is -0.321 e. The fraction of sp³-hybridized carbons (Fsp3) is 0.190. The van der Waals surface area contributed by atoms with E-state index >= 15 is 0 Å². The van der Waals surface area contributed by atoms with Crippen molar-refractivity contribution in [2.45, 2.75) is 26.2 Å². The molecular weight excluding hydrogens is 438 g/mol. The number of aryl methyl sites for hydroxylation is 3. The van der Waals surface area contributed by atoms with Crippen LogP contribution in [0.25, 0.3) is 0 Å². The molecule has 1 aliphatic carbocycles. The number of nitrogens with zero attached hydrogens (tertiary/aromatic N) is 1. The van der Waals surface area contributed by atoms with Crippen LogP contribution in [0.1, 0.15) is 43.3 Å². The van der Waals surface area contributed by atoms with Gasteiger partial charge in [0, 0.05) is 15.7 Å². The summed E-state index contributed by atoms with van der Waals surface area (Å²) in [5.41, 5.74) is 4.58. The van der Waals surface area contributed by atoms with E-state index in [9.17, 15) is 9.59 Å². The summed E-state index contributed by atoms with van der Waals surface area (Å²) in [4.78, 5) is 29.9. The molecule has 0 fully saturated rings. The van der Waals surface area contributed by atoms with Crippen molar-refractivity contribution >= 4 is 49.9 Å². The SMILES string of the molecule is Cc1nc(NC(=O)c2ccc(Br)cc2)sc1C(=O)Nc1ccc2c(c1)CCC2. The first-order valence-electron chi connectivity index (χ1n) is 8.97. The zero-order chi connectivity index (χ0) is 19.7. The molecule has 0 saturated carbocycles. The molecule has 0 bridgehead atoms. The molecule has 0 unspecified atom stereocenters. The summed E-state index contributed by atoms with van der Waals surface area (Å²) in [6, 6.07) is 13.1. The Balaban J connectivity index is 1.47. The van der Waals surface area contributed by atoms with Gasteiger partial charge in [0.05, 0.1) is 5.69 Å². The number of rotatable bonds is 4. The predicted octanol–water partition coefficient (Wildman–Crippen LogP) is 5.21. The van der Waals surface area contributed by atoms with Crippen molar-refractivity contribution in [1.82, 2.24) is 4.98 Å². The topological polar surface area (TPSA) is 71.1 Å². The minimum atomic E-state index is -0.258. The smallest absolute Gasteiger partial charge is 0.267 e.